The van der Waals surface area contributed by atoms with Crippen LogP contribution in [0.5, 0.6) is 5.88 Å². The number of rotatable bonds is 4. The maximum atomic E-state index is 5.50. The number of H-pyrrole nitrogens is 1. The van der Waals surface area contributed by atoms with Crippen LogP contribution < -0.4 is 4.74 Å². The van der Waals surface area contributed by atoms with Gasteiger partial charge in [0.05, 0.1) is 7.11 Å². The monoisotopic (exact) mass is 324 g/mol. The van der Waals surface area contributed by atoms with Crippen molar-refractivity contribution in [2.45, 2.75) is 43.4 Å². The summed E-state index contributed by atoms with van der Waals surface area (Å²) in [6, 6.07) is 0. The Hall–Kier alpha value is -1.08. The zero-order chi connectivity index (χ0) is 14.9. The minimum Gasteiger partial charge on any atom is -0.479 e. The summed E-state index contributed by atoms with van der Waals surface area (Å²) in [5, 5.41) is 0. The fraction of sp³-hybridized carbons (Fsp3) is 0.643. The summed E-state index contributed by atoms with van der Waals surface area (Å²) in [6.45, 7) is 0.896. The first kappa shape index (κ1) is 14.8. The van der Waals surface area contributed by atoms with Crippen LogP contribution in [-0.4, -0.2) is 37.6 Å². The quantitative estimate of drug-likeness (QED) is 0.872. The third-order valence-corrected chi connectivity index (χ3v) is 6.09. The standard InChI is InChI=1S/C14H20N4OS2/c1-19-12-10-11(15-9-16-12)18(13(20)17-10)8-14(21-2)6-4-3-5-7-14/h9H,3-8H2,1-2H3,(H,17,20). The molecule has 0 radical (unpaired) electrons. The van der Waals surface area contributed by atoms with Crippen molar-refractivity contribution >= 4 is 35.1 Å². The second-order valence-corrected chi connectivity index (χ2v) is 7.21. The zero-order valence-corrected chi connectivity index (χ0v) is 14.0. The van der Waals surface area contributed by atoms with Crippen LogP contribution in [-0.2, 0) is 6.54 Å². The lowest BCUT2D eigenvalue weighted by molar-refractivity contribution is 0.359. The maximum Gasteiger partial charge on any atom is 0.242 e. The van der Waals surface area contributed by atoms with Crippen LogP contribution in [0.2, 0.25) is 0 Å². The molecular weight excluding hydrogens is 304 g/mol. The van der Waals surface area contributed by atoms with Crippen LogP contribution in [0.4, 0.5) is 0 Å². The molecule has 2 heterocycles. The number of imidazole rings is 1. The highest BCUT2D eigenvalue weighted by Gasteiger charge is 2.32. The lowest BCUT2D eigenvalue weighted by atomic mass is 9.88. The maximum absolute atomic E-state index is 5.50. The van der Waals surface area contributed by atoms with Gasteiger partial charge < -0.3 is 9.72 Å². The summed E-state index contributed by atoms with van der Waals surface area (Å²) < 4.78 is 8.36. The van der Waals surface area contributed by atoms with Crippen molar-refractivity contribution in [3.05, 3.63) is 11.1 Å². The molecule has 3 rings (SSSR count). The number of ether oxygens (including phenoxy) is 1. The Morgan fingerprint density at radius 1 is 1.38 bits per heavy atom. The summed E-state index contributed by atoms with van der Waals surface area (Å²) in [5.74, 6) is 0.548. The van der Waals surface area contributed by atoms with E-state index in [2.05, 4.69) is 25.8 Å². The number of thioether (sulfide) groups is 1. The second-order valence-electron chi connectivity index (χ2n) is 5.55. The molecule has 1 saturated carbocycles. The Labute approximate surface area is 133 Å². The molecule has 1 N–H and O–H groups in total. The number of nitrogens with one attached hydrogen (secondary N) is 1. The van der Waals surface area contributed by atoms with E-state index in [4.69, 9.17) is 17.0 Å². The molecule has 114 valence electrons. The second kappa shape index (κ2) is 5.96. The third-order valence-electron chi connectivity index (χ3n) is 4.36. The van der Waals surface area contributed by atoms with Crippen LogP contribution >= 0.6 is 24.0 Å². The summed E-state index contributed by atoms with van der Waals surface area (Å²) >= 11 is 7.46. The van der Waals surface area contributed by atoms with E-state index in [-0.39, 0.29) is 4.75 Å². The fourth-order valence-corrected chi connectivity index (χ4v) is 4.37. The third kappa shape index (κ3) is 2.68. The van der Waals surface area contributed by atoms with E-state index in [0.29, 0.717) is 10.7 Å². The van der Waals surface area contributed by atoms with E-state index in [9.17, 15) is 0 Å². The first-order valence-electron chi connectivity index (χ1n) is 7.22. The van der Waals surface area contributed by atoms with Gasteiger partial charge in [-0.15, -0.1) is 0 Å². The minimum absolute atomic E-state index is 0.268. The Kier molecular flexibility index (Phi) is 4.21. The number of nitrogens with zero attached hydrogens (tertiary/aromatic N) is 3. The molecule has 1 aliphatic rings. The van der Waals surface area contributed by atoms with Gasteiger partial charge in [0.1, 0.15) is 11.8 Å². The molecule has 7 heteroatoms. The van der Waals surface area contributed by atoms with Crippen LogP contribution in [0.1, 0.15) is 32.1 Å². The van der Waals surface area contributed by atoms with Gasteiger partial charge in [0.2, 0.25) is 5.88 Å². The van der Waals surface area contributed by atoms with Gasteiger partial charge in [-0.05, 0) is 31.3 Å². The van der Waals surface area contributed by atoms with Gasteiger partial charge in [0.25, 0.3) is 0 Å². The molecule has 2 aromatic heterocycles. The van der Waals surface area contributed by atoms with E-state index in [1.807, 2.05) is 11.8 Å². The highest BCUT2D eigenvalue weighted by atomic mass is 32.2. The summed E-state index contributed by atoms with van der Waals surface area (Å²) in [6.07, 6.45) is 10.2. The van der Waals surface area contributed by atoms with Crippen LogP contribution in [0, 0.1) is 4.77 Å². The highest BCUT2D eigenvalue weighted by Crippen LogP contribution is 2.40. The summed E-state index contributed by atoms with van der Waals surface area (Å²) in [4.78, 5) is 11.7. The van der Waals surface area contributed by atoms with E-state index in [1.54, 1.807) is 7.11 Å². The van der Waals surface area contributed by atoms with Crippen molar-refractivity contribution in [2.75, 3.05) is 13.4 Å². The van der Waals surface area contributed by atoms with Crippen molar-refractivity contribution < 1.29 is 4.74 Å². The van der Waals surface area contributed by atoms with Crippen molar-refractivity contribution in [1.82, 2.24) is 19.5 Å². The van der Waals surface area contributed by atoms with Gasteiger partial charge in [-0.3, -0.25) is 4.57 Å². The van der Waals surface area contributed by atoms with Gasteiger partial charge in [0, 0.05) is 11.3 Å². The topological polar surface area (TPSA) is 55.7 Å². The molecule has 0 amide bonds. The van der Waals surface area contributed by atoms with E-state index in [0.717, 1.165) is 17.7 Å². The van der Waals surface area contributed by atoms with Gasteiger partial charge in [0.15, 0.2) is 10.4 Å². The molecule has 0 atom stereocenters. The Morgan fingerprint density at radius 2 is 2.14 bits per heavy atom. The fourth-order valence-electron chi connectivity index (χ4n) is 3.16. The van der Waals surface area contributed by atoms with E-state index < -0.39 is 0 Å². The van der Waals surface area contributed by atoms with Crippen molar-refractivity contribution in [2.24, 2.45) is 0 Å². The molecule has 0 unspecified atom stereocenters. The number of aromatic nitrogens is 4. The van der Waals surface area contributed by atoms with E-state index >= 15 is 0 Å². The molecule has 0 saturated heterocycles. The molecule has 0 aromatic carbocycles. The van der Waals surface area contributed by atoms with Gasteiger partial charge in [-0.1, -0.05) is 19.3 Å². The molecule has 0 bridgehead atoms. The number of hydrogen-bond acceptors (Lipinski definition) is 5. The molecule has 1 fully saturated rings. The normalized spacial score (nSPS) is 18.0. The van der Waals surface area contributed by atoms with Gasteiger partial charge >= 0.3 is 0 Å². The molecular formula is C14H20N4OS2. The number of fused-ring (bicyclic) bond motifs is 1. The lowest BCUT2D eigenvalue weighted by Gasteiger charge is -2.36. The van der Waals surface area contributed by atoms with Crippen LogP contribution in [0.3, 0.4) is 0 Å². The highest BCUT2D eigenvalue weighted by molar-refractivity contribution is 8.00. The van der Waals surface area contributed by atoms with Crippen molar-refractivity contribution in [3.8, 4) is 5.88 Å². The Morgan fingerprint density at radius 3 is 2.81 bits per heavy atom. The summed E-state index contributed by atoms with van der Waals surface area (Å²) in [7, 11) is 1.61. The van der Waals surface area contributed by atoms with Gasteiger partial charge in [-0.2, -0.15) is 16.7 Å². The molecule has 0 spiro atoms. The Balaban J connectivity index is 2.04. The number of hydrogen-bond donors (Lipinski definition) is 1. The number of methoxy groups -OCH3 is 1. The predicted molar refractivity (Wildman–Crippen MR) is 88.6 cm³/mol. The van der Waals surface area contributed by atoms with E-state index in [1.165, 1.54) is 38.4 Å². The number of aromatic amines is 1. The summed E-state index contributed by atoms with van der Waals surface area (Å²) in [5.41, 5.74) is 1.63. The van der Waals surface area contributed by atoms with Crippen LogP contribution in [0.15, 0.2) is 6.33 Å². The van der Waals surface area contributed by atoms with Crippen LogP contribution in [0.25, 0.3) is 11.2 Å². The first-order chi connectivity index (χ1) is 10.2. The minimum atomic E-state index is 0.268. The molecule has 1 aliphatic carbocycles. The average molecular weight is 324 g/mol. The lowest BCUT2D eigenvalue weighted by Crippen LogP contribution is -2.33. The molecule has 21 heavy (non-hydrogen) atoms. The largest absolute Gasteiger partial charge is 0.479 e. The Bertz CT molecular complexity index is 688. The SMILES string of the molecule is COc1ncnc2c1[nH]c(=S)n2CC1(SC)CCCCC1. The predicted octanol–water partition coefficient (Wildman–Crippen LogP) is 3.56. The average Bonchev–Trinajstić information content (AvgIpc) is 2.84. The molecule has 5 nitrogen and oxygen atoms in total. The van der Waals surface area contributed by atoms with Crippen molar-refractivity contribution in [3.63, 3.8) is 0 Å². The molecule has 2 aromatic rings. The zero-order valence-electron chi connectivity index (χ0n) is 12.4. The van der Waals surface area contributed by atoms with Gasteiger partial charge in [-0.25, -0.2) is 4.98 Å². The van der Waals surface area contributed by atoms with Crippen molar-refractivity contribution in [1.29, 1.82) is 0 Å². The molecule has 0 aliphatic heterocycles. The first-order valence-corrected chi connectivity index (χ1v) is 8.85. The smallest absolute Gasteiger partial charge is 0.242 e.